The number of ether oxygens (including phenoxy) is 1. The molecule has 0 aliphatic heterocycles. The predicted octanol–water partition coefficient (Wildman–Crippen LogP) is 6.37. The maximum absolute atomic E-state index is 13.0. The fourth-order valence-corrected chi connectivity index (χ4v) is 4.15. The Morgan fingerprint density at radius 3 is 2.12 bits per heavy atom. The normalized spacial score (nSPS) is 11.1. The van der Waals surface area contributed by atoms with Crippen molar-refractivity contribution in [1.29, 1.82) is 0 Å². The largest absolute Gasteiger partial charge is 0.492 e. The predicted molar refractivity (Wildman–Crippen MR) is 138 cm³/mol. The van der Waals surface area contributed by atoms with E-state index in [1.54, 1.807) is 18.3 Å². The molecule has 5 rings (SSSR count). The van der Waals surface area contributed by atoms with Crippen LogP contribution in [0.5, 0.6) is 5.75 Å². The summed E-state index contributed by atoms with van der Waals surface area (Å²) >= 11 is 15.6. The molecule has 0 fully saturated rings. The first-order valence-electron chi connectivity index (χ1n) is 10.4. The van der Waals surface area contributed by atoms with Crippen LogP contribution in [0.1, 0.15) is 0 Å². The van der Waals surface area contributed by atoms with E-state index in [-0.39, 0.29) is 18.8 Å². The lowest BCUT2D eigenvalue weighted by molar-refractivity contribution is 0.289. The lowest BCUT2D eigenvalue weighted by Crippen LogP contribution is -2.25. The zero-order valence-electron chi connectivity index (χ0n) is 17.7. The van der Waals surface area contributed by atoms with Crippen molar-refractivity contribution in [2.75, 3.05) is 6.61 Å². The lowest BCUT2D eigenvalue weighted by Gasteiger charge is -2.11. The van der Waals surface area contributed by atoms with Crippen molar-refractivity contribution < 1.29 is 4.74 Å². The lowest BCUT2D eigenvalue weighted by atomic mass is 9.97. The highest BCUT2D eigenvalue weighted by atomic mass is 79.9. The molecule has 0 radical (unpaired) electrons. The van der Waals surface area contributed by atoms with Crippen LogP contribution in [0, 0.1) is 0 Å². The number of aromatic nitrogens is 4. The molecular formula is C25H17BrCl2N4O2. The third-order valence-electron chi connectivity index (χ3n) is 5.29. The van der Waals surface area contributed by atoms with E-state index in [4.69, 9.17) is 27.9 Å². The van der Waals surface area contributed by atoms with Crippen LogP contribution in [-0.4, -0.2) is 26.0 Å². The van der Waals surface area contributed by atoms with Crippen LogP contribution in [0.3, 0.4) is 0 Å². The maximum atomic E-state index is 13.0. The minimum absolute atomic E-state index is 0.272. The van der Waals surface area contributed by atoms with Crippen molar-refractivity contribution in [2.24, 2.45) is 0 Å². The van der Waals surface area contributed by atoms with Gasteiger partial charge in [-0.15, -0.1) is 5.10 Å². The summed E-state index contributed by atoms with van der Waals surface area (Å²) in [7, 11) is 0. The number of hydrogen-bond donors (Lipinski definition) is 0. The smallest absolute Gasteiger partial charge is 0.367 e. The molecule has 0 aliphatic rings. The molecule has 9 heteroatoms. The zero-order valence-corrected chi connectivity index (χ0v) is 20.8. The van der Waals surface area contributed by atoms with Crippen molar-refractivity contribution in [1.82, 2.24) is 19.4 Å². The van der Waals surface area contributed by atoms with E-state index in [2.05, 4.69) is 26.1 Å². The minimum atomic E-state index is -0.340. The van der Waals surface area contributed by atoms with Gasteiger partial charge >= 0.3 is 5.69 Å². The molecule has 2 heterocycles. The summed E-state index contributed by atoms with van der Waals surface area (Å²) in [5.41, 5.74) is 3.49. The highest BCUT2D eigenvalue weighted by molar-refractivity contribution is 9.10. The van der Waals surface area contributed by atoms with Gasteiger partial charge in [0.25, 0.3) is 0 Å². The molecule has 3 aromatic carbocycles. The van der Waals surface area contributed by atoms with Crippen LogP contribution in [0.25, 0.3) is 27.9 Å². The summed E-state index contributed by atoms with van der Waals surface area (Å²) in [6.45, 7) is 0.556. The van der Waals surface area contributed by atoms with Gasteiger partial charge in [-0.05, 0) is 59.7 Å². The molecular weight excluding hydrogens is 539 g/mol. The van der Waals surface area contributed by atoms with Gasteiger partial charge in [-0.2, -0.15) is 9.61 Å². The molecule has 2 aromatic heterocycles. The Balaban J connectivity index is 1.56. The summed E-state index contributed by atoms with van der Waals surface area (Å²) in [6.07, 6.45) is 1.67. The van der Waals surface area contributed by atoms with E-state index >= 15 is 0 Å². The molecule has 0 aliphatic carbocycles. The van der Waals surface area contributed by atoms with E-state index in [0.717, 1.165) is 26.7 Å². The summed E-state index contributed by atoms with van der Waals surface area (Å²) in [4.78, 5) is 13.0. The molecule has 0 saturated heterocycles. The topological polar surface area (TPSA) is 61.4 Å². The van der Waals surface area contributed by atoms with Gasteiger partial charge in [0.1, 0.15) is 12.4 Å². The Hall–Kier alpha value is -3.13. The van der Waals surface area contributed by atoms with Gasteiger partial charge in [-0.1, -0.05) is 63.4 Å². The van der Waals surface area contributed by atoms with Crippen LogP contribution in [0.15, 0.2) is 88.3 Å². The van der Waals surface area contributed by atoms with Crippen LogP contribution < -0.4 is 10.4 Å². The molecule has 34 heavy (non-hydrogen) atoms. The summed E-state index contributed by atoms with van der Waals surface area (Å²) < 4.78 is 9.41. The van der Waals surface area contributed by atoms with Crippen molar-refractivity contribution in [3.63, 3.8) is 0 Å². The SMILES string of the molecule is O=c1n(CCOc2ccc(Br)cc2)nc2c(-c3ccc(Cl)cc3)c(-c3ccc(Cl)cc3)cnn12. The summed E-state index contributed by atoms with van der Waals surface area (Å²) in [5, 5.41) is 10.3. The first kappa shape index (κ1) is 22.7. The number of hydrogen-bond acceptors (Lipinski definition) is 4. The molecule has 0 bridgehead atoms. The molecule has 5 aromatic rings. The molecule has 0 amide bonds. The number of benzene rings is 3. The van der Waals surface area contributed by atoms with Crippen LogP contribution in [0.2, 0.25) is 10.0 Å². The van der Waals surface area contributed by atoms with Gasteiger partial charge < -0.3 is 4.74 Å². The Morgan fingerprint density at radius 2 is 1.47 bits per heavy atom. The van der Waals surface area contributed by atoms with E-state index in [9.17, 15) is 4.79 Å². The fraction of sp³-hybridized carbons (Fsp3) is 0.0800. The van der Waals surface area contributed by atoms with Crippen LogP contribution in [-0.2, 0) is 6.54 Å². The second-order valence-electron chi connectivity index (χ2n) is 7.49. The number of rotatable bonds is 6. The average Bonchev–Trinajstić information content (AvgIpc) is 3.16. The standard InChI is InChI=1S/C25H17BrCl2N4O2/c26-18-5-11-21(12-6-18)34-14-13-31-25(33)32-24(30-31)23(17-3-9-20(28)10-4-17)22(15-29-32)16-1-7-19(27)8-2-16/h1-12,15H,13-14H2. The molecule has 0 atom stereocenters. The Kier molecular flexibility index (Phi) is 6.41. The minimum Gasteiger partial charge on any atom is -0.492 e. The van der Waals surface area contributed by atoms with Crippen LogP contribution in [0.4, 0.5) is 0 Å². The van der Waals surface area contributed by atoms with Crippen LogP contribution >= 0.6 is 39.1 Å². The number of fused-ring (bicyclic) bond motifs is 1. The Labute approximate surface area is 213 Å². The van der Waals surface area contributed by atoms with Crippen molar-refractivity contribution >= 4 is 44.8 Å². The fourth-order valence-electron chi connectivity index (χ4n) is 3.64. The van der Waals surface area contributed by atoms with Gasteiger partial charge in [0.15, 0.2) is 5.65 Å². The van der Waals surface area contributed by atoms with E-state index in [1.165, 1.54) is 9.20 Å². The van der Waals surface area contributed by atoms with Gasteiger partial charge in [-0.25, -0.2) is 9.48 Å². The number of halogens is 3. The quantitative estimate of drug-likeness (QED) is 0.244. The molecule has 0 spiro atoms. The second-order valence-corrected chi connectivity index (χ2v) is 9.28. The Morgan fingerprint density at radius 1 is 0.853 bits per heavy atom. The van der Waals surface area contributed by atoms with Gasteiger partial charge in [0, 0.05) is 25.6 Å². The number of nitrogens with zero attached hydrogens (tertiary/aromatic N) is 4. The van der Waals surface area contributed by atoms with Gasteiger partial charge in [-0.3, -0.25) is 0 Å². The van der Waals surface area contributed by atoms with Gasteiger partial charge in [0.2, 0.25) is 0 Å². The van der Waals surface area contributed by atoms with Crippen molar-refractivity contribution in [3.05, 3.63) is 104 Å². The highest BCUT2D eigenvalue weighted by Crippen LogP contribution is 2.34. The monoisotopic (exact) mass is 554 g/mol. The molecule has 170 valence electrons. The van der Waals surface area contributed by atoms with Crippen molar-refractivity contribution in [2.45, 2.75) is 6.54 Å². The van der Waals surface area contributed by atoms with E-state index < -0.39 is 0 Å². The molecule has 6 nitrogen and oxygen atoms in total. The second kappa shape index (κ2) is 9.62. The van der Waals surface area contributed by atoms with E-state index in [0.29, 0.717) is 21.4 Å². The summed E-state index contributed by atoms with van der Waals surface area (Å²) in [6, 6.07) is 22.4. The van der Waals surface area contributed by atoms with Gasteiger partial charge in [0.05, 0.1) is 12.7 Å². The zero-order chi connectivity index (χ0) is 23.7. The molecule has 0 N–H and O–H groups in total. The molecule has 0 unspecified atom stereocenters. The average molecular weight is 556 g/mol. The third-order valence-corrected chi connectivity index (χ3v) is 6.32. The highest BCUT2D eigenvalue weighted by Gasteiger charge is 2.18. The first-order valence-corrected chi connectivity index (χ1v) is 11.9. The Bertz CT molecular complexity index is 1510. The first-order chi connectivity index (χ1) is 16.5. The third kappa shape index (κ3) is 4.59. The van der Waals surface area contributed by atoms with Crippen molar-refractivity contribution in [3.8, 4) is 28.0 Å². The summed E-state index contributed by atoms with van der Waals surface area (Å²) in [5.74, 6) is 0.713. The van der Waals surface area contributed by atoms with E-state index in [1.807, 2.05) is 60.7 Å². The maximum Gasteiger partial charge on any atom is 0.367 e. The molecule has 0 saturated carbocycles.